The molecule has 13 nitrogen and oxygen atoms in total. The standard InChI is InChI=1S/C18H20N4O9S2/c1-33(27,28)31-13-6-15(14-10-32-16(20-14)9-29-17(19)23)21(7-13)18(24)30-8-11-2-4-12(5-3-11)22(25)26/h2-5,10,13,15H,6-9H2,1H3,(H2,19,23). The number of nitrogens with zero attached hydrogens (tertiary/aromatic N) is 3. The van der Waals surface area contributed by atoms with Crippen LogP contribution in [0.4, 0.5) is 15.3 Å². The van der Waals surface area contributed by atoms with Crippen LogP contribution in [-0.4, -0.2) is 54.3 Å². The van der Waals surface area contributed by atoms with Crippen molar-refractivity contribution in [3.8, 4) is 0 Å². The van der Waals surface area contributed by atoms with Gasteiger partial charge in [-0.2, -0.15) is 8.42 Å². The molecular formula is C18H20N4O9S2. The minimum atomic E-state index is -3.76. The molecule has 3 rings (SSSR count). The van der Waals surface area contributed by atoms with Gasteiger partial charge in [0.1, 0.15) is 18.2 Å². The Hall–Kier alpha value is -3.30. The number of carbonyl (C=O) groups excluding carboxylic acids is 2. The van der Waals surface area contributed by atoms with Gasteiger partial charge in [0.2, 0.25) is 0 Å². The van der Waals surface area contributed by atoms with Crippen LogP contribution in [0.5, 0.6) is 0 Å². The average Bonchev–Trinajstić information content (AvgIpc) is 3.36. The van der Waals surface area contributed by atoms with E-state index >= 15 is 0 Å². The highest BCUT2D eigenvalue weighted by Gasteiger charge is 2.40. The number of aromatic nitrogens is 1. The predicted molar refractivity (Wildman–Crippen MR) is 114 cm³/mol. The van der Waals surface area contributed by atoms with Gasteiger partial charge in [0.25, 0.3) is 15.8 Å². The van der Waals surface area contributed by atoms with Crippen molar-refractivity contribution < 1.29 is 36.6 Å². The van der Waals surface area contributed by atoms with E-state index in [1.807, 2.05) is 0 Å². The zero-order chi connectivity index (χ0) is 24.2. The summed E-state index contributed by atoms with van der Waals surface area (Å²) in [5.74, 6) is 0. The number of primary amides is 1. The van der Waals surface area contributed by atoms with Gasteiger partial charge in [-0.05, 0) is 17.7 Å². The average molecular weight is 501 g/mol. The molecule has 0 bridgehead atoms. The number of rotatable bonds is 8. The highest BCUT2D eigenvalue weighted by atomic mass is 32.2. The predicted octanol–water partition coefficient (Wildman–Crippen LogP) is 2.08. The number of likely N-dealkylation sites (tertiary alicyclic amines) is 1. The molecule has 2 atom stereocenters. The number of carbonyl (C=O) groups is 2. The van der Waals surface area contributed by atoms with Crippen molar-refractivity contribution in [3.63, 3.8) is 0 Å². The van der Waals surface area contributed by atoms with Gasteiger partial charge >= 0.3 is 12.2 Å². The molecule has 15 heteroatoms. The van der Waals surface area contributed by atoms with Crippen LogP contribution in [0.15, 0.2) is 29.6 Å². The number of hydrogen-bond acceptors (Lipinski definition) is 11. The maximum Gasteiger partial charge on any atom is 0.410 e. The van der Waals surface area contributed by atoms with E-state index in [0.717, 1.165) is 6.26 Å². The number of nitrogens with two attached hydrogens (primary N) is 1. The van der Waals surface area contributed by atoms with Gasteiger partial charge in [-0.3, -0.25) is 19.2 Å². The number of non-ortho nitro benzene ring substituents is 1. The van der Waals surface area contributed by atoms with Crippen LogP contribution in [0, 0.1) is 10.1 Å². The van der Waals surface area contributed by atoms with Crippen molar-refractivity contribution in [2.24, 2.45) is 5.73 Å². The molecule has 1 fully saturated rings. The maximum atomic E-state index is 12.8. The smallest absolute Gasteiger partial charge is 0.410 e. The molecule has 1 aliphatic rings. The number of hydrogen-bond donors (Lipinski definition) is 1. The van der Waals surface area contributed by atoms with E-state index in [2.05, 4.69) is 4.98 Å². The zero-order valence-corrected chi connectivity index (χ0v) is 18.9. The largest absolute Gasteiger partial charge is 0.445 e. The number of amides is 2. The Morgan fingerprint density at radius 1 is 1.27 bits per heavy atom. The lowest BCUT2D eigenvalue weighted by atomic mass is 10.1. The summed E-state index contributed by atoms with van der Waals surface area (Å²) in [6.07, 6.45) is -1.42. The zero-order valence-electron chi connectivity index (χ0n) is 17.3. The van der Waals surface area contributed by atoms with Gasteiger partial charge in [-0.15, -0.1) is 11.3 Å². The van der Waals surface area contributed by atoms with Gasteiger partial charge in [0.15, 0.2) is 0 Å². The Kier molecular flexibility index (Phi) is 7.45. The molecule has 2 amide bonds. The molecule has 0 radical (unpaired) electrons. The van der Waals surface area contributed by atoms with E-state index in [0.29, 0.717) is 16.3 Å². The molecule has 0 aliphatic carbocycles. The minimum Gasteiger partial charge on any atom is -0.445 e. The number of thiazole rings is 1. The third kappa shape index (κ3) is 6.84. The molecule has 1 aromatic carbocycles. The quantitative estimate of drug-likeness (QED) is 0.320. The highest BCUT2D eigenvalue weighted by molar-refractivity contribution is 7.86. The van der Waals surface area contributed by atoms with Crippen molar-refractivity contribution in [1.29, 1.82) is 0 Å². The molecule has 178 valence electrons. The van der Waals surface area contributed by atoms with Gasteiger partial charge in [-0.25, -0.2) is 14.6 Å². The first kappa shape index (κ1) is 24.3. The van der Waals surface area contributed by atoms with Crippen LogP contribution in [0.1, 0.15) is 28.7 Å². The highest BCUT2D eigenvalue weighted by Crippen LogP contribution is 2.35. The van der Waals surface area contributed by atoms with Crippen LogP contribution in [0.2, 0.25) is 0 Å². The maximum absolute atomic E-state index is 12.8. The van der Waals surface area contributed by atoms with Crippen LogP contribution < -0.4 is 5.73 Å². The molecule has 2 N–H and O–H groups in total. The Labute approximate surface area is 192 Å². The Morgan fingerprint density at radius 2 is 1.97 bits per heavy atom. The van der Waals surface area contributed by atoms with Crippen LogP contribution in [0.3, 0.4) is 0 Å². The molecule has 2 heterocycles. The summed E-state index contributed by atoms with van der Waals surface area (Å²) < 4.78 is 38.2. The minimum absolute atomic E-state index is 0.0541. The summed E-state index contributed by atoms with van der Waals surface area (Å²) in [5, 5.41) is 12.8. The Bertz CT molecular complexity index is 1130. The number of ether oxygens (including phenoxy) is 2. The normalized spacial score (nSPS) is 18.2. The van der Waals surface area contributed by atoms with Crippen molar-refractivity contribution in [2.75, 3.05) is 12.8 Å². The van der Waals surface area contributed by atoms with E-state index in [-0.39, 0.29) is 31.9 Å². The summed E-state index contributed by atoms with van der Waals surface area (Å²) >= 11 is 1.18. The van der Waals surface area contributed by atoms with E-state index in [9.17, 15) is 28.1 Å². The molecule has 33 heavy (non-hydrogen) atoms. The first-order valence-corrected chi connectivity index (χ1v) is 12.1. The third-order valence-corrected chi connectivity index (χ3v) is 6.03. The first-order chi connectivity index (χ1) is 15.5. The van der Waals surface area contributed by atoms with Crippen LogP contribution in [-0.2, 0) is 37.0 Å². The lowest BCUT2D eigenvalue weighted by molar-refractivity contribution is -0.384. The molecule has 0 spiro atoms. The lowest BCUT2D eigenvalue weighted by Crippen LogP contribution is -2.33. The summed E-state index contributed by atoms with van der Waals surface area (Å²) in [6.45, 7) is -0.339. The second kappa shape index (κ2) is 10.1. The molecule has 2 unspecified atom stereocenters. The molecule has 1 aromatic heterocycles. The second-order valence-electron chi connectivity index (χ2n) is 7.08. The van der Waals surface area contributed by atoms with Gasteiger partial charge < -0.3 is 15.2 Å². The fourth-order valence-electron chi connectivity index (χ4n) is 3.22. The first-order valence-electron chi connectivity index (χ1n) is 9.43. The Morgan fingerprint density at radius 3 is 2.58 bits per heavy atom. The van der Waals surface area contributed by atoms with E-state index in [1.165, 1.54) is 40.5 Å². The second-order valence-corrected chi connectivity index (χ2v) is 9.62. The van der Waals surface area contributed by atoms with E-state index in [4.69, 9.17) is 19.4 Å². The Balaban J connectivity index is 1.72. The SMILES string of the molecule is CS(=O)(=O)OC1CC(c2csc(COC(N)=O)n2)N(C(=O)OCc2ccc([N+](=O)[O-])cc2)C1. The monoisotopic (exact) mass is 500 g/mol. The summed E-state index contributed by atoms with van der Waals surface area (Å²) in [6, 6.07) is 4.88. The molecule has 1 aliphatic heterocycles. The van der Waals surface area contributed by atoms with Gasteiger partial charge in [0, 0.05) is 23.9 Å². The number of nitro groups is 1. The van der Waals surface area contributed by atoms with Crippen molar-refractivity contribution in [2.45, 2.75) is 31.8 Å². The lowest BCUT2D eigenvalue weighted by Gasteiger charge is -2.22. The molecule has 0 saturated carbocycles. The van der Waals surface area contributed by atoms with Crippen molar-refractivity contribution >= 4 is 39.3 Å². The molecular weight excluding hydrogens is 480 g/mol. The summed E-state index contributed by atoms with van der Waals surface area (Å²) in [7, 11) is -3.76. The number of benzene rings is 1. The summed E-state index contributed by atoms with van der Waals surface area (Å²) in [5.41, 5.74) is 5.85. The third-order valence-electron chi connectivity index (χ3n) is 4.57. The molecule has 1 saturated heterocycles. The van der Waals surface area contributed by atoms with Crippen LogP contribution >= 0.6 is 11.3 Å². The van der Waals surface area contributed by atoms with E-state index in [1.54, 1.807) is 5.38 Å². The van der Waals surface area contributed by atoms with Crippen molar-refractivity contribution in [3.05, 3.63) is 56.0 Å². The van der Waals surface area contributed by atoms with Crippen LogP contribution in [0.25, 0.3) is 0 Å². The topological polar surface area (TPSA) is 181 Å². The van der Waals surface area contributed by atoms with E-state index < -0.39 is 39.4 Å². The molecule has 2 aromatic rings. The summed E-state index contributed by atoms with van der Waals surface area (Å²) in [4.78, 5) is 39.4. The number of nitro benzene ring substituents is 1. The van der Waals surface area contributed by atoms with Gasteiger partial charge in [-0.1, -0.05) is 0 Å². The fraction of sp³-hybridized carbons (Fsp3) is 0.389. The fourth-order valence-corrected chi connectivity index (χ4v) is 4.60. The van der Waals surface area contributed by atoms with Crippen molar-refractivity contribution in [1.82, 2.24) is 9.88 Å². The van der Waals surface area contributed by atoms with Gasteiger partial charge in [0.05, 0.1) is 35.6 Å².